The van der Waals surface area contributed by atoms with Gasteiger partial charge < -0.3 is 4.90 Å². The third kappa shape index (κ3) is 3.48. The summed E-state index contributed by atoms with van der Waals surface area (Å²) in [6.07, 6.45) is 1.88. The van der Waals surface area contributed by atoms with Crippen LogP contribution in [-0.4, -0.2) is 27.1 Å². The van der Waals surface area contributed by atoms with Crippen molar-refractivity contribution in [1.29, 1.82) is 0 Å². The molecule has 3 rings (SSSR count). The molecular weight excluding hydrogens is 350 g/mol. The number of amides is 1. The molecule has 2 aromatic carbocycles. The van der Waals surface area contributed by atoms with Crippen molar-refractivity contribution in [2.24, 2.45) is 0 Å². The molecule has 5 nitrogen and oxygen atoms in total. The van der Waals surface area contributed by atoms with Crippen molar-refractivity contribution < 1.29 is 22.0 Å². The lowest BCUT2D eigenvalue weighted by Gasteiger charge is -2.18. The van der Waals surface area contributed by atoms with Crippen molar-refractivity contribution in [2.75, 3.05) is 22.4 Å². The van der Waals surface area contributed by atoms with Gasteiger partial charge in [-0.2, -0.15) is 0 Å². The van der Waals surface area contributed by atoms with Crippen molar-refractivity contribution in [3.05, 3.63) is 48.0 Å². The number of nitrogens with zero attached hydrogens (tertiary/aromatic N) is 1. The minimum atomic E-state index is -3.58. The number of hydrogen-bond donors (Lipinski definition) is 1. The zero-order valence-electron chi connectivity index (χ0n) is 13.4. The van der Waals surface area contributed by atoms with E-state index >= 15 is 0 Å². The molecule has 1 aliphatic heterocycles. The number of para-hydroxylation sites is 1. The monoisotopic (exact) mass is 366 g/mol. The van der Waals surface area contributed by atoms with Crippen LogP contribution in [0, 0.1) is 11.6 Å². The molecular formula is C17H16F2N2O3S. The molecule has 0 atom stereocenters. The standard InChI is InChI=1S/C17H16F2N2O3S/c1-25(23,24)20-13-6-3-2-5-11(13)12-8-9-14(17(19)16(12)18)21-10-4-7-15(21)22/h2-3,5-6,8-9,20H,4,7,10H2,1H3. The first-order valence-corrected chi connectivity index (χ1v) is 9.52. The second kappa shape index (κ2) is 6.44. The van der Waals surface area contributed by atoms with Crippen LogP contribution in [0.1, 0.15) is 12.8 Å². The van der Waals surface area contributed by atoms with Crippen molar-refractivity contribution in [1.82, 2.24) is 0 Å². The Balaban J connectivity index is 2.08. The first-order valence-electron chi connectivity index (χ1n) is 7.63. The molecule has 0 aromatic heterocycles. The van der Waals surface area contributed by atoms with Crippen LogP contribution >= 0.6 is 0 Å². The van der Waals surface area contributed by atoms with Gasteiger partial charge in [-0.05, 0) is 24.6 Å². The van der Waals surface area contributed by atoms with Gasteiger partial charge in [0.05, 0.1) is 17.6 Å². The van der Waals surface area contributed by atoms with Crippen LogP contribution in [0.5, 0.6) is 0 Å². The number of anilines is 2. The average molecular weight is 366 g/mol. The van der Waals surface area contributed by atoms with Crippen LogP contribution in [0.3, 0.4) is 0 Å². The highest BCUT2D eigenvalue weighted by Gasteiger charge is 2.27. The largest absolute Gasteiger partial charge is 0.310 e. The quantitative estimate of drug-likeness (QED) is 0.904. The van der Waals surface area contributed by atoms with E-state index in [0.29, 0.717) is 19.4 Å². The van der Waals surface area contributed by atoms with Gasteiger partial charge in [-0.25, -0.2) is 17.2 Å². The van der Waals surface area contributed by atoms with E-state index in [1.54, 1.807) is 12.1 Å². The Morgan fingerprint density at radius 1 is 1.04 bits per heavy atom. The normalized spacial score (nSPS) is 14.8. The second-order valence-corrected chi connectivity index (χ2v) is 7.58. The maximum Gasteiger partial charge on any atom is 0.229 e. The molecule has 1 saturated heterocycles. The lowest BCUT2D eigenvalue weighted by Crippen LogP contribution is -2.25. The molecule has 1 amide bonds. The number of sulfonamides is 1. The summed E-state index contributed by atoms with van der Waals surface area (Å²) in [6.45, 7) is 0.348. The third-order valence-corrected chi connectivity index (χ3v) is 4.53. The van der Waals surface area contributed by atoms with Gasteiger partial charge in [0, 0.05) is 24.1 Å². The number of nitrogens with one attached hydrogen (secondary N) is 1. The Bertz CT molecular complexity index is 945. The SMILES string of the molecule is CS(=O)(=O)Nc1ccccc1-c1ccc(N2CCCC2=O)c(F)c1F. The van der Waals surface area contributed by atoms with Crippen LogP contribution in [-0.2, 0) is 14.8 Å². The summed E-state index contributed by atoms with van der Waals surface area (Å²) in [5.41, 5.74) is 0.175. The number of rotatable bonds is 4. The van der Waals surface area contributed by atoms with Gasteiger partial charge in [0.1, 0.15) is 0 Å². The van der Waals surface area contributed by atoms with Crippen LogP contribution in [0.4, 0.5) is 20.2 Å². The van der Waals surface area contributed by atoms with E-state index in [1.165, 1.54) is 29.2 Å². The predicted molar refractivity (Wildman–Crippen MR) is 91.8 cm³/mol. The molecule has 1 fully saturated rings. The van der Waals surface area contributed by atoms with E-state index in [0.717, 1.165) is 6.26 Å². The number of halogens is 2. The first-order chi connectivity index (χ1) is 11.8. The Hall–Kier alpha value is -2.48. The summed E-state index contributed by atoms with van der Waals surface area (Å²) in [4.78, 5) is 13.0. The zero-order chi connectivity index (χ0) is 18.2. The molecule has 2 aromatic rings. The summed E-state index contributed by atoms with van der Waals surface area (Å²) in [7, 11) is -3.58. The molecule has 0 aliphatic carbocycles. The van der Waals surface area contributed by atoms with Crippen LogP contribution < -0.4 is 9.62 Å². The molecule has 0 bridgehead atoms. The number of carbonyl (C=O) groups excluding carboxylic acids is 1. The molecule has 0 saturated carbocycles. The molecule has 8 heteroatoms. The summed E-state index contributed by atoms with van der Waals surface area (Å²) in [6, 6.07) is 8.83. The maximum atomic E-state index is 14.7. The molecule has 0 unspecified atom stereocenters. The highest BCUT2D eigenvalue weighted by Crippen LogP contribution is 2.35. The molecule has 25 heavy (non-hydrogen) atoms. The third-order valence-electron chi connectivity index (χ3n) is 3.94. The topological polar surface area (TPSA) is 66.5 Å². The van der Waals surface area contributed by atoms with Crippen molar-refractivity contribution >= 4 is 27.3 Å². The fourth-order valence-corrected chi connectivity index (χ4v) is 3.44. The van der Waals surface area contributed by atoms with E-state index in [2.05, 4.69) is 4.72 Å². The van der Waals surface area contributed by atoms with E-state index < -0.39 is 21.7 Å². The second-order valence-electron chi connectivity index (χ2n) is 5.83. The molecule has 132 valence electrons. The predicted octanol–water partition coefficient (Wildman–Crippen LogP) is 3.13. The molecule has 1 heterocycles. The molecule has 1 aliphatic rings. The van der Waals surface area contributed by atoms with Crippen molar-refractivity contribution in [3.8, 4) is 11.1 Å². The van der Waals surface area contributed by atoms with Gasteiger partial charge in [0.25, 0.3) is 0 Å². The Morgan fingerprint density at radius 2 is 1.76 bits per heavy atom. The highest BCUT2D eigenvalue weighted by molar-refractivity contribution is 7.92. The Labute approximate surface area is 144 Å². The van der Waals surface area contributed by atoms with Gasteiger partial charge >= 0.3 is 0 Å². The van der Waals surface area contributed by atoms with Crippen LogP contribution in [0.25, 0.3) is 11.1 Å². The summed E-state index contributed by atoms with van der Waals surface area (Å²) < 4.78 is 54.4. The lowest BCUT2D eigenvalue weighted by atomic mass is 10.0. The summed E-state index contributed by atoms with van der Waals surface area (Å²) in [5.74, 6) is -2.49. The number of hydrogen-bond acceptors (Lipinski definition) is 3. The van der Waals surface area contributed by atoms with Crippen LogP contribution in [0.15, 0.2) is 36.4 Å². The zero-order valence-corrected chi connectivity index (χ0v) is 14.2. The number of benzene rings is 2. The van der Waals surface area contributed by atoms with Gasteiger partial charge in [0.15, 0.2) is 11.6 Å². The van der Waals surface area contributed by atoms with E-state index in [-0.39, 0.29) is 28.4 Å². The van der Waals surface area contributed by atoms with E-state index in [9.17, 15) is 22.0 Å². The average Bonchev–Trinajstić information content (AvgIpc) is 2.95. The summed E-state index contributed by atoms with van der Waals surface area (Å²) >= 11 is 0. The Morgan fingerprint density at radius 3 is 2.40 bits per heavy atom. The Kier molecular flexibility index (Phi) is 4.47. The van der Waals surface area contributed by atoms with Crippen molar-refractivity contribution in [3.63, 3.8) is 0 Å². The first kappa shape index (κ1) is 17.3. The van der Waals surface area contributed by atoms with E-state index in [1.807, 2.05) is 0 Å². The van der Waals surface area contributed by atoms with Crippen molar-refractivity contribution in [2.45, 2.75) is 12.8 Å². The summed E-state index contributed by atoms with van der Waals surface area (Å²) in [5, 5.41) is 0. The highest BCUT2D eigenvalue weighted by atomic mass is 32.2. The molecule has 0 radical (unpaired) electrons. The minimum Gasteiger partial charge on any atom is -0.310 e. The molecule has 1 N–H and O–H groups in total. The van der Waals surface area contributed by atoms with E-state index in [4.69, 9.17) is 0 Å². The van der Waals surface area contributed by atoms with Crippen LogP contribution in [0.2, 0.25) is 0 Å². The smallest absolute Gasteiger partial charge is 0.229 e. The van der Waals surface area contributed by atoms with Gasteiger partial charge in [0.2, 0.25) is 15.9 Å². The maximum absolute atomic E-state index is 14.7. The number of carbonyl (C=O) groups is 1. The fraction of sp³-hybridized carbons (Fsp3) is 0.235. The molecule has 0 spiro atoms. The lowest BCUT2D eigenvalue weighted by molar-refractivity contribution is -0.117. The van der Waals surface area contributed by atoms with Gasteiger partial charge in [-0.1, -0.05) is 18.2 Å². The minimum absolute atomic E-state index is 0.0837. The van der Waals surface area contributed by atoms with Gasteiger partial charge in [-0.15, -0.1) is 0 Å². The van der Waals surface area contributed by atoms with Gasteiger partial charge in [-0.3, -0.25) is 9.52 Å². The fourth-order valence-electron chi connectivity index (χ4n) is 2.87.